The first-order valence-electron chi connectivity index (χ1n) is 7.09. The highest BCUT2D eigenvalue weighted by atomic mass is 16.4. The van der Waals surface area contributed by atoms with Gasteiger partial charge in [-0.05, 0) is 26.2 Å². The standard InChI is InChI=1S/C14H27NO2/c1-3-4-5-6-7-11-14(2,13(16)17)15-12-9-8-10-12/h12,15H,3-11H2,1-2H3,(H,16,17). The summed E-state index contributed by atoms with van der Waals surface area (Å²) in [5, 5.41) is 12.7. The van der Waals surface area contributed by atoms with E-state index in [9.17, 15) is 9.90 Å². The van der Waals surface area contributed by atoms with Crippen LogP contribution in [0.25, 0.3) is 0 Å². The lowest BCUT2D eigenvalue weighted by Crippen LogP contribution is -2.55. The molecule has 0 aromatic rings. The fourth-order valence-electron chi connectivity index (χ4n) is 2.33. The van der Waals surface area contributed by atoms with Crippen LogP contribution in [0.15, 0.2) is 0 Å². The summed E-state index contributed by atoms with van der Waals surface area (Å²) in [6.07, 6.45) is 10.2. The molecule has 1 saturated carbocycles. The predicted octanol–water partition coefficient (Wildman–Crippen LogP) is 3.33. The van der Waals surface area contributed by atoms with Crippen molar-refractivity contribution in [3.05, 3.63) is 0 Å². The summed E-state index contributed by atoms with van der Waals surface area (Å²) in [5.74, 6) is -0.695. The van der Waals surface area contributed by atoms with Crippen molar-refractivity contribution in [3.8, 4) is 0 Å². The van der Waals surface area contributed by atoms with E-state index in [0.717, 1.165) is 32.1 Å². The van der Waals surface area contributed by atoms with E-state index in [1.165, 1.54) is 25.7 Å². The molecule has 0 spiro atoms. The van der Waals surface area contributed by atoms with Crippen molar-refractivity contribution in [2.24, 2.45) is 0 Å². The highest BCUT2D eigenvalue weighted by Crippen LogP contribution is 2.24. The van der Waals surface area contributed by atoms with E-state index in [4.69, 9.17) is 0 Å². The quantitative estimate of drug-likeness (QED) is 0.609. The lowest BCUT2D eigenvalue weighted by Gasteiger charge is -2.36. The molecule has 0 saturated heterocycles. The second-order valence-electron chi connectivity index (χ2n) is 5.57. The highest BCUT2D eigenvalue weighted by molar-refractivity contribution is 5.78. The van der Waals surface area contributed by atoms with Crippen LogP contribution in [0.2, 0.25) is 0 Å². The number of nitrogens with one attached hydrogen (secondary N) is 1. The largest absolute Gasteiger partial charge is 0.480 e. The number of unbranched alkanes of at least 4 members (excludes halogenated alkanes) is 4. The van der Waals surface area contributed by atoms with Crippen LogP contribution >= 0.6 is 0 Å². The molecule has 0 bridgehead atoms. The minimum Gasteiger partial charge on any atom is -0.480 e. The van der Waals surface area contributed by atoms with Gasteiger partial charge in [0.2, 0.25) is 0 Å². The zero-order valence-electron chi connectivity index (χ0n) is 11.3. The molecule has 2 N–H and O–H groups in total. The normalized spacial score (nSPS) is 19.6. The van der Waals surface area contributed by atoms with Gasteiger partial charge in [0, 0.05) is 6.04 Å². The molecule has 1 fully saturated rings. The fraction of sp³-hybridized carbons (Fsp3) is 0.929. The van der Waals surface area contributed by atoms with Crippen molar-refractivity contribution < 1.29 is 9.90 Å². The first-order valence-corrected chi connectivity index (χ1v) is 7.09. The van der Waals surface area contributed by atoms with Crippen LogP contribution in [0.4, 0.5) is 0 Å². The van der Waals surface area contributed by atoms with Gasteiger partial charge in [0.15, 0.2) is 0 Å². The third-order valence-electron chi connectivity index (χ3n) is 3.88. The Balaban J connectivity index is 2.28. The van der Waals surface area contributed by atoms with Gasteiger partial charge in [-0.1, -0.05) is 45.4 Å². The number of hydrogen-bond donors (Lipinski definition) is 2. The monoisotopic (exact) mass is 241 g/mol. The molecule has 0 aromatic heterocycles. The molecule has 100 valence electrons. The van der Waals surface area contributed by atoms with Crippen molar-refractivity contribution in [2.45, 2.75) is 83.2 Å². The first-order chi connectivity index (χ1) is 8.08. The van der Waals surface area contributed by atoms with Gasteiger partial charge >= 0.3 is 5.97 Å². The van der Waals surface area contributed by atoms with E-state index in [-0.39, 0.29) is 0 Å². The molecule has 0 amide bonds. The summed E-state index contributed by atoms with van der Waals surface area (Å²) >= 11 is 0. The van der Waals surface area contributed by atoms with Crippen LogP contribution in [0.1, 0.15) is 71.6 Å². The Hall–Kier alpha value is -0.570. The number of carboxylic acids is 1. The predicted molar refractivity (Wildman–Crippen MR) is 70.2 cm³/mol. The number of aliphatic carboxylic acids is 1. The van der Waals surface area contributed by atoms with E-state index < -0.39 is 11.5 Å². The SMILES string of the molecule is CCCCCCCC(C)(NC1CCC1)C(=O)O. The molecule has 17 heavy (non-hydrogen) atoms. The van der Waals surface area contributed by atoms with Gasteiger partial charge in [-0.2, -0.15) is 0 Å². The van der Waals surface area contributed by atoms with Crippen molar-refractivity contribution in [1.29, 1.82) is 0 Å². The maximum Gasteiger partial charge on any atom is 0.323 e. The molecule has 3 nitrogen and oxygen atoms in total. The molecule has 1 atom stereocenters. The van der Waals surface area contributed by atoms with E-state index in [2.05, 4.69) is 12.2 Å². The molecule has 0 heterocycles. The lowest BCUT2D eigenvalue weighted by molar-refractivity contribution is -0.145. The van der Waals surface area contributed by atoms with Gasteiger partial charge in [-0.3, -0.25) is 10.1 Å². The summed E-state index contributed by atoms with van der Waals surface area (Å²) in [7, 11) is 0. The van der Waals surface area contributed by atoms with E-state index in [1.807, 2.05) is 6.92 Å². The number of rotatable bonds is 9. The average Bonchev–Trinajstić information content (AvgIpc) is 2.23. The second-order valence-corrected chi connectivity index (χ2v) is 5.57. The lowest BCUT2D eigenvalue weighted by atomic mass is 9.87. The second kappa shape index (κ2) is 7.00. The van der Waals surface area contributed by atoms with Crippen LogP contribution < -0.4 is 5.32 Å². The molecule has 1 unspecified atom stereocenters. The van der Waals surface area contributed by atoms with Gasteiger partial charge < -0.3 is 5.11 Å². The van der Waals surface area contributed by atoms with Gasteiger partial charge in [-0.25, -0.2) is 0 Å². The highest BCUT2D eigenvalue weighted by Gasteiger charge is 2.35. The molecule has 0 radical (unpaired) electrons. The number of carbonyl (C=O) groups is 1. The zero-order chi connectivity index (χ0) is 12.7. The van der Waals surface area contributed by atoms with Crippen molar-refractivity contribution in [2.75, 3.05) is 0 Å². The summed E-state index contributed by atoms with van der Waals surface area (Å²) in [4.78, 5) is 11.4. The van der Waals surface area contributed by atoms with E-state index in [0.29, 0.717) is 6.04 Å². The zero-order valence-corrected chi connectivity index (χ0v) is 11.3. The summed E-state index contributed by atoms with van der Waals surface area (Å²) in [6.45, 7) is 4.03. The Morgan fingerprint density at radius 1 is 1.29 bits per heavy atom. The van der Waals surface area contributed by atoms with Crippen LogP contribution in [0, 0.1) is 0 Å². The van der Waals surface area contributed by atoms with E-state index in [1.54, 1.807) is 0 Å². The van der Waals surface area contributed by atoms with Gasteiger partial charge in [0.05, 0.1) is 0 Å². The van der Waals surface area contributed by atoms with Gasteiger partial charge in [0.25, 0.3) is 0 Å². The number of hydrogen-bond acceptors (Lipinski definition) is 2. The Morgan fingerprint density at radius 2 is 1.94 bits per heavy atom. The summed E-state index contributed by atoms with van der Waals surface area (Å²) in [5.41, 5.74) is -0.711. The smallest absolute Gasteiger partial charge is 0.323 e. The maximum atomic E-state index is 11.4. The molecule has 0 aliphatic heterocycles. The van der Waals surface area contributed by atoms with Crippen molar-refractivity contribution >= 4 is 5.97 Å². The minimum absolute atomic E-state index is 0.437. The Labute approximate surface area is 105 Å². The minimum atomic E-state index is -0.711. The third kappa shape index (κ3) is 4.66. The fourth-order valence-corrected chi connectivity index (χ4v) is 2.33. The Bertz CT molecular complexity index is 238. The Morgan fingerprint density at radius 3 is 2.41 bits per heavy atom. The molecule has 1 aliphatic rings. The van der Waals surface area contributed by atoms with Gasteiger partial charge in [-0.15, -0.1) is 0 Å². The van der Waals surface area contributed by atoms with E-state index >= 15 is 0 Å². The topological polar surface area (TPSA) is 49.3 Å². The van der Waals surface area contributed by atoms with Crippen LogP contribution in [0.5, 0.6) is 0 Å². The van der Waals surface area contributed by atoms with Crippen LogP contribution in [-0.4, -0.2) is 22.7 Å². The molecular formula is C14H27NO2. The van der Waals surface area contributed by atoms with Gasteiger partial charge in [0.1, 0.15) is 5.54 Å². The first kappa shape index (κ1) is 14.5. The Kier molecular flexibility index (Phi) is 5.96. The van der Waals surface area contributed by atoms with Crippen molar-refractivity contribution in [3.63, 3.8) is 0 Å². The van der Waals surface area contributed by atoms with Crippen LogP contribution in [0.3, 0.4) is 0 Å². The molecule has 3 heteroatoms. The molecule has 1 aliphatic carbocycles. The third-order valence-corrected chi connectivity index (χ3v) is 3.88. The van der Waals surface area contributed by atoms with Crippen LogP contribution in [-0.2, 0) is 4.79 Å². The van der Waals surface area contributed by atoms with Crippen molar-refractivity contribution in [1.82, 2.24) is 5.32 Å². The molecule has 1 rings (SSSR count). The summed E-state index contributed by atoms with van der Waals surface area (Å²) in [6, 6.07) is 0.437. The number of carboxylic acid groups (broad SMARTS) is 1. The maximum absolute atomic E-state index is 11.4. The average molecular weight is 241 g/mol. The molecular weight excluding hydrogens is 214 g/mol. The summed E-state index contributed by atoms with van der Waals surface area (Å²) < 4.78 is 0. The molecule has 0 aromatic carbocycles.